The number of ether oxygens (including phenoxy) is 1. The minimum atomic E-state index is 0.0972. The van der Waals surface area contributed by atoms with Gasteiger partial charge in [0, 0.05) is 12.1 Å². The third-order valence-corrected chi connectivity index (χ3v) is 5.99. The van der Waals surface area contributed by atoms with Crippen molar-refractivity contribution >= 4 is 24.2 Å². The van der Waals surface area contributed by atoms with E-state index in [2.05, 4.69) is 48.3 Å². The van der Waals surface area contributed by atoms with Gasteiger partial charge in [0.25, 0.3) is 0 Å². The van der Waals surface area contributed by atoms with Crippen LogP contribution in [0.5, 0.6) is 5.75 Å². The second-order valence-corrected chi connectivity index (χ2v) is 8.34. The van der Waals surface area contributed by atoms with Crippen molar-refractivity contribution < 1.29 is 9.53 Å². The molecule has 0 unspecified atom stereocenters. The molecule has 4 rings (SSSR count). The first-order chi connectivity index (χ1) is 14.3. The number of thiol groups is 1. The standard InChI is InChI=1S/C13H17NO2S.C12H16/c15-13-6-3-10-9-11(4-5-12(10)14-13)16-7-1-2-8-17;1-3-7-11(8-4-1)12-9-5-2-6-10-12/h4-5,9,17H,1-3,6-8H2,(H,14,15);1,3-4,7-8,12H,2,5-6,9-10H2. The summed E-state index contributed by atoms with van der Waals surface area (Å²) in [5, 5.41) is 2.86. The molecule has 1 saturated carbocycles. The van der Waals surface area contributed by atoms with E-state index in [1.165, 1.54) is 32.1 Å². The zero-order valence-electron chi connectivity index (χ0n) is 17.2. The molecule has 4 heteroatoms. The lowest BCUT2D eigenvalue weighted by Gasteiger charge is -2.21. The van der Waals surface area contributed by atoms with Gasteiger partial charge in [-0.15, -0.1) is 0 Å². The van der Waals surface area contributed by atoms with E-state index >= 15 is 0 Å². The first-order valence-corrected chi connectivity index (χ1v) is 11.6. The van der Waals surface area contributed by atoms with Gasteiger partial charge in [0.1, 0.15) is 5.75 Å². The Morgan fingerprint density at radius 3 is 2.52 bits per heavy atom. The van der Waals surface area contributed by atoms with E-state index < -0.39 is 0 Å². The van der Waals surface area contributed by atoms with Gasteiger partial charge in [0.2, 0.25) is 5.91 Å². The second-order valence-electron chi connectivity index (χ2n) is 7.89. The van der Waals surface area contributed by atoms with Crippen LogP contribution in [0.25, 0.3) is 0 Å². The van der Waals surface area contributed by atoms with Crippen LogP contribution in [0.2, 0.25) is 0 Å². The molecule has 0 atom stereocenters. The molecule has 1 fully saturated rings. The number of benzene rings is 2. The van der Waals surface area contributed by atoms with E-state index in [-0.39, 0.29) is 5.91 Å². The van der Waals surface area contributed by atoms with Gasteiger partial charge in [0.05, 0.1) is 6.61 Å². The summed E-state index contributed by atoms with van der Waals surface area (Å²) < 4.78 is 5.65. The van der Waals surface area contributed by atoms with Gasteiger partial charge in [-0.25, -0.2) is 0 Å². The minimum Gasteiger partial charge on any atom is -0.494 e. The molecule has 2 aliphatic rings. The van der Waals surface area contributed by atoms with Crippen molar-refractivity contribution in [1.29, 1.82) is 0 Å². The topological polar surface area (TPSA) is 38.3 Å². The summed E-state index contributed by atoms with van der Waals surface area (Å²) in [6.45, 7) is 0.728. The number of nitrogens with one attached hydrogen (secondary N) is 1. The quantitative estimate of drug-likeness (QED) is 0.427. The maximum atomic E-state index is 11.2. The van der Waals surface area contributed by atoms with Gasteiger partial charge in [-0.05, 0) is 73.1 Å². The zero-order valence-corrected chi connectivity index (χ0v) is 18.1. The Morgan fingerprint density at radius 2 is 1.76 bits per heavy atom. The van der Waals surface area contributed by atoms with Crippen LogP contribution >= 0.6 is 12.6 Å². The second kappa shape index (κ2) is 11.9. The fourth-order valence-electron chi connectivity index (χ4n) is 4.01. The Kier molecular flexibility index (Phi) is 8.94. The highest BCUT2D eigenvalue weighted by atomic mass is 32.1. The molecule has 1 aliphatic heterocycles. The van der Waals surface area contributed by atoms with Crippen molar-refractivity contribution in [3.05, 3.63) is 59.7 Å². The predicted molar refractivity (Wildman–Crippen MR) is 124 cm³/mol. The molecule has 0 spiro atoms. The van der Waals surface area contributed by atoms with Gasteiger partial charge < -0.3 is 10.1 Å². The number of amides is 1. The Bertz CT molecular complexity index is 757. The maximum absolute atomic E-state index is 11.2. The number of fused-ring (bicyclic) bond motifs is 1. The summed E-state index contributed by atoms with van der Waals surface area (Å²) in [7, 11) is 0. The van der Waals surface area contributed by atoms with Gasteiger partial charge in [0.15, 0.2) is 0 Å². The van der Waals surface area contributed by atoms with Gasteiger partial charge in [-0.3, -0.25) is 4.79 Å². The molecule has 156 valence electrons. The van der Waals surface area contributed by atoms with Crippen LogP contribution in [-0.4, -0.2) is 18.3 Å². The number of hydrogen-bond donors (Lipinski definition) is 2. The molecule has 1 aliphatic carbocycles. The highest BCUT2D eigenvalue weighted by Gasteiger charge is 2.15. The molecule has 1 heterocycles. The van der Waals surface area contributed by atoms with Crippen LogP contribution < -0.4 is 10.1 Å². The van der Waals surface area contributed by atoms with Crippen molar-refractivity contribution in [3.8, 4) is 5.75 Å². The number of carbonyl (C=O) groups is 1. The van der Waals surface area contributed by atoms with E-state index in [0.717, 1.165) is 54.5 Å². The summed E-state index contributed by atoms with van der Waals surface area (Å²) in [4.78, 5) is 11.2. The molecule has 29 heavy (non-hydrogen) atoms. The molecule has 0 saturated heterocycles. The number of aryl methyl sites for hydroxylation is 1. The highest BCUT2D eigenvalue weighted by molar-refractivity contribution is 7.80. The third-order valence-electron chi connectivity index (χ3n) is 5.67. The van der Waals surface area contributed by atoms with Crippen LogP contribution in [0.4, 0.5) is 5.69 Å². The van der Waals surface area contributed by atoms with Crippen molar-refractivity contribution in [3.63, 3.8) is 0 Å². The first-order valence-electron chi connectivity index (χ1n) is 11.0. The van der Waals surface area contributed by atoms with Gasteiger partial charge >= 0.3 is 0 Å². The Labute approximate surface area is 180 Å². The SMILES string of the molecule is O=C1CCc2cc(OCCCCS)ccc2N1.c1ccc(C2CCCCC2)cc1. The lowest BCUT2D eigenvalue weighted by atomic mass is 9.84. The van der Waals surface area contributed by atoms with Crippen molar-refractivity contribution in [1.82, 2.24) is 0 Å². The van der Waals surface area contributed by atoms with Gasteiger partial charge in [-0.1, -0.05) is 49.6 Å². The number of hydrogen-bond acceptors (Lipinski definition) is 3. The predicted octanol–water partition coefficient (Wildman–Crippen LogP) is 6.39. The van der Waals surface area contributed by atoms with E-state index in [4.69, 9.17) is 4.74 Å². The van der Waals surface area contributed by atoms with E-state index in [9.17, 15) is 4.79 Å². The number of unbranched alkanes of at least 4 members (excludes halogenated alkanes) is 1. The van der Waals surface area contributed by atoms with Crippen molar-refractivity contribution in [2.45, 2.75) is 63.7 Å². The van der Waals surface area contributed by atoms with Crippen LogP contribution in [0.3, 0.4) is 0 Å². The average Bonchev–Trinajstić information content (AvgIpc) is 2.78. The summed E-state index contributed by atoms with van der Waals surface area (Å²) in [5.74, 6) is 2.75. The molecule has 0 bridgehead atoms. The van der Waals surface area contributed by atoms with E-state index in [0.29, 0.717) is 6.42 Å². The fraction of sp³-hybridized carbons (Fsp3) is 0.480. The minimum absolute atomic E-state index is 0.0972. The molecular weight excluding hydrogens is 378 g/mol. The molecule has 0 radical (unpaired) electrons. The van der Waals surface area contributed by atoms with Crippen LogP contribution in [0.1, 0.15) is 68.4 Å². The van der Waals surface area contributed by atoms with E-state index in [1.54, 1.807) is 5.56 Å². The Morgan fingerprint density at radius 1 is 0.966 bits per heavy atom. The number of anilines is 1. The monoisotopic (exact) mass is 411 g/mol. The lowest BCUT2D eigenvalue weighted by molar-refractivity contribution is -0.116. The van der Waals surface area contributed by atoms with Crippen LogP contribution in [0.15, 0.2) is 48.5 Å². The molecule has 1 amide bonds. The third kappa shape index (κ3) is 7.11. The zero-order chi connectivity index (χ0) is 20.3. The largest absolute Gasteiger partial charge is 0.494 e. The highest BCUT2D eigenvalue weighted by Crippen LogP contribution is 2.32. The summed E-state index contributed by atoms with van der Waals surface area (Å²) >= 11 is 4.16. The Balaban J connectivity index is 0.000000176. The van der Waals surface area contributed by atoms with Crippen LogP contribution in [0, 0.1) is 0 Å². The van der Waals surface area contributed by atoms with E-state index in [1.807, 2.05) is 18.2 Å². The molecular formula is C25H33NO2S. The molecule has 2 aromatic carbocycles. The smallest absolute Gasteiger partial charge is 0.224 e. The first kappa shape index (κ1) is 21.8. The maximum Gasteiger partial charge on any atom is 0.224 e. The average molecular weight is 412 g/mol. The number of rotatable bonds is 6. The van der Waals surface area contributed by atoms with Crippen molar-refractivity contribution in [2.75, 3.05) is 17.7 Å². The van der Waals surface area contributed by atoms with Crippen LogP contribution in [-0.2, 0) is 11.2 Å². The fourth-order valence-corrected chi connectivity index (χ4v) is 4.24. The Hall–Kier alpha value is -1.94. The summed E-state index contributed by atoms with van der Waals surface area (Å²) in [6.07, 6.45) is 10.6. The summed E-state index contributed by atoms with van der Waals surface area (Å²) in [5.41, 5.74) is 3.64. The molecule has 0 aromatic heterocycles. The molecule has 1 N–H and O–H groups in total. The molecule has 3 nitrogen and oxygen atoms in total. The normalized spacial score (nSPS) is 16.2. The summed E-state index contributed by atoms with van der Waals surface area (Å²) in [6, 6.07) is 16.8. The molecule has 2 aromatic rings. The van der Waals surface area contributed by atoms with Crippen molar-refractivity contribution in [2.24, 2.45) is 0 Å². The number of carbonyl (C=O) groups excluding carboxylic acids is 1. The lowest BCUT2D eigenvalue weighted by Crippen LogP contribution is -2.18. The van der Waals surface area contributed by atoms with Gasteiger partial charge in [-0.2, -0.15) is 12.6 Å².